The van der Waals surface area contributed by atoms with Gasteiger partial charge in [-0.2, -0.15) is 0 Å². The Morgan fingerprint density at radius 2 is 0.932 bits per heavy atom. The minimum absolute atomic E-state index is 0.0133. The topological polar surface area (TPSA) is 161 Å². The number of aromatic amines is 2. The summed E-state index contributed by atoms with van der Waals surface area (Å²) in [5.74, 6) is -0.886. The Labute approximate surface area is 338 Å². The molecule has 0 saturated carbocycles. The Balaban J connectivity index is 1.35. The van der Waals surface area contributed by atoms with E-state index in [9.17, 15) is 9.90 Å². The molecule has 8 bridgehead atoms. The van der Waals surface area contributed by atoms with E-state index >= 15 is 0 Å². The van der Waals surface area contributed by atoms with Crippen LogP contribution in [0.25, 0.3) is 90.9 Å². The highest BCUT2D eigenvalue weighted by molar-refractivity contribution is 6.01. The van der Waals surface area contributed by atoms with Crippen LogP contribution in [0.1, 0.15) is 33.1 Å². The van der Waals surface area contributed by atoms with E-state index < -0.39 is 5.97 Å². The van der Waals surface area contributed by atoms with Crippen LogP contribution in [0.4, 0.5) is 0 Å². The van der Waals surface area contributed by atoms with Crippen molar-refractivity contribution in [3.05, 3.63) is 144 Å². The molecule has 290 valence electrons. The molecule has 2 aliphatic heterocycles. The number of nitrogens with one attached hydrogen (secondary N) is 2. The Kier molecular flexibility index (Phi) is 10.4. The summed E-state index contributed by atoms with van der Waals surface area (Å²) in [5.41, 5.74) is 12.9. The van der Waals surface area contributed by atoms with Crippen LogP contribution in [-0.4, -0.2) is 79.5 Å². The van der Waals surface area contributed by atoms with Crippen LogP contribution in [0.3, 0.4) is 0 Å². The van der Waals surface area contributed by atoms with Crippen LogP contribution in [0, 0.1) is 0 Å². The minimum atomic E-state index is -1.12. The highest BCUT2D eigenvalue weighted by atomic mass is 16.5. The maximum absolute atomic E-state index is 12.8. The van der Waals surface area contributed by atoms with E-state index in [1.54, 1.807) is 56.4 Å². The number of H-pyrrole nitrogens is 2. The summed E-state index contributed by atoms with van der Waals surface area (Å²) >= 11 is 0. The number of benzene rings is 1. The number of hydrogen-bond acceptors (Lipinski definition) is 9. The lowest BCUT2D eigenvalue weighted by Gasteiger charge is -2.12. The SMILES string of the molecule is COCCOCCOc1ccc(-c2c3nc(c(-c4ccncc4)c4ccc([nH]4)c(-c4ccncc4)c4nc(c(-c5ccncc5)c5ccc2[nH]5)C=C4)C=C3)cc1C(=O)O. The maximum Gasteiger partial charge on any atom is 0.339 e. The van der Waals surface area contributed by atoms with Gasteiger partial charge in [0.2, 0.25) is 0 Å². The molecular formula is C47H37N7O5. The van der Waals surface area contributed by atoms with Crippen molar-refractivity contribution in [3.8, 4) is 50.3 Å². The molecular weight excluding hydrogens is 743 g/mol. The van der Waals surface area contributed by atoms with Crippen molar-refractivity contribution >= 4 is 52.3 Å². The largest absolute Gasteiger partial charge is 0.490 e. The predicted molar refractivity (Wildman–Crippen MR) is 229 cm³/mol. The standard InChI is InChI=1S/C47H37N7O5/c1-57-24-25-58-26-27-59-42-11-2-32(28-33(42)47(55)56)46-40-9-7-38(53-40)44(30-14-20-49-21-15-30)36-5-3-34(51-36)43(29-12-18-48-19-13-29)35-4-6-37(52-35)45(31-16-22-50-23-17-31)39-8-10-41(46)54-39/h2-23,28,51,54H,24-27H2,1H3,(H,55,56). The fraction of sp³-hybridized carbons (Fsp3) is 0.106. The van der Waals surface area contributed by atoms with Crippen LogP contribution in [-0.2, 0) is 9.47 Å². The second-order valence-corrected chi connectivity index (χ2v) is 13.7. The van der Waals surface area contributed by atoms with E-state index in [0.717, 1.165) is 66.8 Å². The molecule has 0 aliphatic carbocycles. The van der Waals surface area contributed by atoms with Gasteiger partial charge in [0.1, 0.15) is 17.9 Å². The van der Waals surface area contributed by atoms with Gasteiger partial charge in [-0.3, -0.25) is 15.0 Å². The summed E-state index contributed by atoms with van der Waals surface area (Å²) < 4.78 is 16.5. The van der Waals surface area contributed by atoms with E-state index in [0.29, 0.717) is 35.7 Å². The summed E-state index contributed by atoms with van der Waals surface area (Å²) in [4.78, 5) is 43.6. The fourth-order valence-electron chi connectivity index (χ4n) is 7.41. The van der Waals surface area contributed by atoms with Gasteiger partial charge >= 0.3 is 5.97 Å². The van der Waals surface area contributed by atoms with Crippen molar-refractivity contribution < 1.29 is 24.1 Å². The van der Waals surface area contributed by atoms with Crippen molar-refractivity contribution in [1.29, 1.82) is 0 Å². The Morgan fingerprint density at radius 1 is 0.525 bits per heavy atom. The molecule has 9 rings (SSSR count). The number of pyridine rings is 3. The van der Waals surface area contributed by atoms with E-state index in [2.05, 4.69) is 37.1 Å². The Hall–Kier alpha value is -7.54. The number of ether oxygens (including phenoxy) is 3. The average Bonchev–Trinajstić information content (AvgIpc) is 4.12. The molecule has 59 heavy (non-hydrogen) atoms. The van der Waals surface area contributed by atoms with E-state index in [1.807, 2.05) is 78.9 Å². The lowest BCUT2D eigenvalue weighted by atomic mass is 10.0. The molecule has 0 spiro atoms. The number of carboxylic acid groups (broad SMARTS) is 1. The lowest BCUT2D eigenvalue weighted by Crippen LogP contribution is -2.11. The van der Waals surface area contributed by atoms with E-state index in [4.69, 9.17) is 24.2 Å². The highest BCUT2D eigenvalue weighted by Gasteiger charge is 2.21. The third-order valence-corrected chi connectivity index (χ3v) is 10.1. The molecule has 1 aromatic carbocycles. The normalized spacial score (nSPS) is 11.9. The van der Waals surface area contributed by atoms with Gasteiger partial charge in [0, 0.05) is 88.6 Å². The quantitative estimate of drug-likeness (QED) is 0.102. The monoisotopic (exact) mass is 779 g/mol. The smallest absolute Gasteiger partial charge is 0.339 e. The number of fused-ring (bicyclic) bond motifs is 8. The molecule has 6 aromatic heterocycles. The van der Waals surface area contributed by atoms with Crippen molar-refractivity contribution in [2.24, 2.45) is 0 Å². The van der Waals surface area contributed by atoms with Gasteiger partial charge in [0.05, 0.1) is 42.6 Å². The van der Waals surface area contributed by atoms with Crippen molar-refractivity contribution in [2.75, 3.05) is 33.5 Å². The predicted octanol–water partition coefficient (Wildman–Crippen LogP) is 9.25. The summed E-state index contributed by atoms with van der Waals surface area (Å²) in [7, 11) is 1.60. The lowest BCUT2D eigenvalue weighted by molar-refractivity contribution is 0.0535. The summed E-state index contributed by atoms with van der Waals surface area (Å²) in [5, 5.41) is 10.4. The molecule has 0 atom stereocenters. The molecule has 0 amide bonds. The van der Waals surface area contributed by atoms with E-state index in [-0.39, 0.29) is 24.5 Å². The van der Waals surface area contributed by atoms with Gasteiger partial charge < -0.3 is 29.3 Å². The van der Waals surface area contributed by atoms with Crippen molar-refractivity contribution in [1.82, 2.24) is 34.9 Å². The van der Waals surface area contributed by atoms with Crippen LogP contribution in [0.15, 0.2) is 116 Å². The van der Waals surface area contributed by atoms with Crippen LogP contribution in [0.5, 0.6) is 5.75 Å². The summed E-state index contributed by atoms with van der Waals surface area (Å²) in [6.07, 6.45) is 18.6. The van der Waals surface area contributed by atoms with Gasteiger partial charge in [-0.1, -0.05) is 6.07 Å². The van der Waals surface area contributed by atoms with Gasteiger partial charge in [-0.25, -0.2) is 14.8 Å². The molecule has 3 N–H and O–H groups in total. The first-order valence-electron chi connectivity index (χ1n) is 19.0. The number of aromatic nitrogens is 7. The third kappa shape index (κ3) is 7.53. The number of hydrogen-bond donors (Lipinski definition) is 3. The molecule has 0 saturated heterocycles. The van der Waals surface area contributed by atoms with Crippen LogP contribution >= 0.6 is 0 Å². The zero-order valence-corrected chi connectivity index (χ0v) is 31.9. The number of rotatable bonds is 12. The maximum atomic E-state index is 12.8. The average molecular weight is 780 g/mol. The molecule has 8 heterocycles. The molecule has 2 aliphatic rings. The first-order chi connectivity index (χ1) is 29.1. The first kappa shape index (κ1) is 37.1. The molecule has 7 aromatic rings. The molecule has 0 radical (unpaired) electrons. The van der Waals surface area contributed by atoms with Gasteiger partial charge in [0.15, 0.2) is 0 Å². The zero-order chi connectivity index (χ0) is 40.1. The van der Waals surface area contributed by atoms with Gasteiger partial charge in [0.25, 0.3) is 0 Å². The Bertz CT molecular complexity index is 2870. The fourth-order valence-corrected chi connectivity index (χ4v) is 7.41. The molecule has 0 unspecified atom stereocenters. The van der Waals surface area contributed by atoms with Crippen LogP contribution < -0.4 is 4.74 Å². The van der Waals surface area contributed by atoms with Gasteiger partial charge in [-0.05, 0) is 119 Å². The Morgan fingerprint density at radius 3 is 1.34 bits per heavy atom. The van der Waals surface area contributed by atoms with E-state index in [1.165, 1.54) is 0 Å². The first-order valence-corrected chi connectivity index (χ1v) is 19.0. The van der Waals surface area contributed by atoms with Gasteiger partial charge in [-0.15, -0.1) is 0 Å². The zero-order valence-electron chi connectivity index (χ0n) is 31.9. The molecule has 12 nitrogen and oxygen atoms in total. The van der Waals surface area contributed by atoms with Crippen molar-refractivity contribution in [3.63, 3.8) is 0 Å². The summed E-state index contributed by atoms with van der Waals surface area (Å²) in [6.45, 7) is 1.33. The third-order valence-electron chi connectivity index (χ3n) is 10.1. The minimum Gasteiger partial charge on any atom is -0.490 e. The molecule has 0 fully saturated rings. The van der Waals surface area contributed by atoms with Crippen LogP contribution in [0.2, 0.25) is 0 Å². The summed E-state index contributed by atoms with van der Waals surface area (Å²) in [6, 6.07) is 25.1. The number of methoxy groups -OCH3 is 1. The molecule has 12 heteroatoms. The number of nitrogens with zero attached hydrogens (tertiary/aromatic N) is 5. The highest BCUT2D eigenvalue weighted by Crippen LogP contribution is 2.39. The number of carboxylic acids is 1. The van der Waals surface area contributed by atoms with Crippen molar-refractivity contribution in [2.45, 2.75) is 0 Å². The number of aromatic carboxylic acids is 1. The second-order valence-electron chi connectivity index (χ2n) is 13.7. The number of carbonyl (C=O) groups is 1. The second kappa shape index (κ2) is 16.5.